The second-order valence-electron chi connectivity index (χ2n) is 13.1. The molecule has 0 radical (unpaired) electrons. The highest BCUT2D eigenvalue weighted by Crippen LogP contribution is 2.51. The zero-order chi connectivity index (χ0) is 36.2. The molecule has 4 rings (SSSR count). The molecule has 0 spiro atoms. The first-order chi connectivity index (χ1) is 23.0. The number of halogens is 6. The number of benzene rings is 2. The van der Waals surface area contributed by atoms with Crippen molar-refractivity contribution in [1.29, 1.82) is 0 Å². The van der Waals surface area contributed by atoms with Gasteiger partial charge in [0.15, 0.2) is 0 Å². The highest BCUT2D eigenvalue weighted by molar-refractivity contribution is 6.07. The molecule has 1 saturated heterocycles. The van der Waals surface area contributed by atoms with Gasteiger partial charge in [-0.2, -0.15) is 26.3 Å². The maximum absolute atomic E-state index is 13.9. The van der Waals surface area contributed by atoms with Crippen molar-refractivity contribution in [2.24, 2.45) is 5.92 Å². The van der Waals surface area contributed by atoms with E-state index >= 15 is 0 Å². The van der Waals surface area contributed by atoms with Crippen molar-refractivity contribution in [3.63, 3.8) is 0 Å². The molecule has 2 N–H and O–H groups in total. The van der Waals surface area contributed by atoms with Crippen LogP contribution in [0.3, 0.4) is 0 Å². The molecule has 2 aromatic carbocycles. The van der Waals surface area contributed by atoms with Gasteiger partial charge in [-0.3, -0.25) is 9.69 Å². The van der Waals surface area contributed by atoms with Gasteiger partial charge in [0, 0.05) is 17.7 Å². The van der Waals surface area contributed by atoms with E-state index in [1.165, 1.54) is 6.08 Å². The Morgan fingerprint density at radius 2 is 1.69 bits per heavy atom. The van der Waals surface area contributed by atoms with Crippen LogP contribution in [-0.2, 0) is 22.4 Å². The molecular weight excluding hydrogens is 650 g/mol. The zero-order valence-electron chi connectivity index (χ0n) is 28.1. The molecule has 12 heteroatoms. The van der Waals surface area contributed by atoms with Crippen LogP contribution in [0.4, 0.5) is 31.1 Å². The number of amides is 3. The number of carbonyl (C=O) groups excluding carboxylic acids is 2. The number of hydrogen-bond acceptors (Lipinski definition) is 4. The summed E-state index contributed by atoms with van der Waals surface area (Å²) in [5.41, 5.74) is -5.09. The normalized spacial score (nSPS) is 19.5. The summed E-state index contributed by atoms with van der Waals surface area (Å²) in [4.78, 5) is 27.4. The number of rotatable bonds is 13. The Morgan fingerprint density at radius 3 is 2.29 bits per heavy atom. The Kier molecular flexibility index (Phi) is 11.6. The van der Waals surface area contributed by atoms with Gasteiger partial charge in [-0.1, -0.05) is 75.6 Å². The second-order valence-corrected chi connectivity index (χ2v) is 13.1. The molecule has 0 bridgehead atoms. The van der Waals surface area contributed by atoms with Gasteiger partial charge in [-0.05, 0) is 86.3 Å². The number of ether oxygens (including phenoxy) is 1. The number of urea groups is 1. The van der Waals surface area contributed by atoms with Crippen molar-refractivity contribution < 1.29 is 45.8 Å². The average Bonchev–Trinajstić information content (AvgIpc) is 3.26. The molecule has 0 aromatic heterocycles. The number of nitrogens with zero attached hydrogens (tertiary/aromatic N) is 1. The lowest BCUT2D eigenvalue weighted by Gasteiger charge is -2.33. The molecule has 1 saturated carbocycles. The average molecular weight is 695 g/mol. The molecule has 2 aliphatic rings. The number of imide groups is 1. The summed E-state index contributed by atoms with van der Waals surface area (Å²) in [7, 11) is 0. The number of carbonyl (C=O) groups is 2. The van der Waals surface area contributed by atoms with Crippen LogP contribution in [-0.4, -0.2) is 47.4 Å². The van der Waals surface area contributed by atoms with Gasteiger partial charge in [0.25, 0.3) is 11.5 Å². The molecule has 268 valence electrons. The fourth-order valence-electron chi connectivity index (χ4n) is 6.59. The van der Waals surface area contributed by atoms with Crippen molar-refractivity contribution in [1.82, 2.24) is 10.2 Å². The number of aliphatic hydroxyl groups is 1. The Hall–Kier alpha value is -3.80. The van der Waals surface area contributed by atoms with Crippen LogP contribution in [0.1, 0.15) is 98.6 Å². The van der Waals surface area contributed by atoms with Crippen LogP contribution < -0.4 is 10.1 Å². The number of nitrogens with one attached hydrogen (secondary N) is 1. The summed E-state index contributed by atoms with van der Waals surface area (Å²) < 4.78 is 89.4. The monoisotopic (exact) mass is 694 g/mol. The number of aryl methyl sites for hydroxylation is 2. The summed E-state index contributed by atoms with van der Waals surface area (Å²) in [5.74, 6) is -0.158. The van der Waals surface area contributed by atoms with E-state index in [1.54, 1.807) is 32.1 Å². The Bertz CT molecular complexity index is 1550. The summed E-state index contributed by atoms with van der Waals surface area (Å²) in [5, 5.41) is 13.0. The van der Waals surface area contributed by atoms with E-state index in [0.29, 0.717) is 30.9 Å². The Balaban J connectivity index is 1.54. The molecule has 2 aromatic rings. The van der Waals surface area contributed by atoms with E-state index in [0.717, 1.165) is 54.2 Å². The minimum absolute atomic E-state index is 0.0149. The molecule has 49 heavy (non-hydrogen) atoms. The maximum Gasteiger partial charge on any atom is 0.430 e. The number of unbranched alkanes of at least 4 members (excludes halogenated alkanes) is 1. The van der Waals surface area contributed by atoms with Gasteiger partial charge >= 0.3 is 18.4 Å². The molecule has 6 nitrogen and oxygen atoms in total. The molecule has 1 aliphatic carbocycles. The van der Waals surface area contributed by atoms with E-state index < -0.39 is 41.0 Å². The number of alkyl halides is 6. The highest BCUT2D eigenvalue weighted by Gasteiger charge is 2.71. The summed E-state index contributed by atoms with van der Waals surface area (Å²) in [6, 6.07) is 6.32. The van der Waals surface area contributed by atoms with Crippen LogP contribution >= 0.6 is 0 Å². The Morgan fingerprint density at radius 1 is 1.02 bits per heavy atom. The standard InChI is InChI=1S/C37H44F6N2O4/c1-5-12-27-22-30(35(48,36(38,39)40)37(41,42)43)23-28(16-15-25-13-8-7-9-14-25)31(27)49-20-11-10-19-45-32(46)34(4,44-33(45)47)29-18-17-26(6-2)24(3)21-29/h6,15-18,21-23,25,48H,2,5,7-14,19-20H2,1,3-4H3,(H,44,47)/b16-15+. The molecule has 1 unspecified atom stereocenters. The third-order valence-corrected chi connectivity index (χ3v) is 9.51. The summed E-state index contributed by atoms with van der Waals surface area (Å²) in [6.07, 6.45) is -1.19. The van der Waals surface area contributed by atoms with E-state index in [-0.39, 0.29) is 42.4 Å². The molecule has 3 amide bonds. The van der Waals surface area contributed by atoms with Crippen LogP contribution in [0.25, 0.3) is 12.2 Å². The minimum Gasteiger partial charge on any atom is -0.493 e. The maximum atomic E-state index is 13.9. The van der Waals surface area contributed by atoms with Crippen LogP contribution in [0.5, 0.6) is 5.75 Å². The van der Waals surface area contributed by atoms with Crippen molar-refractivity contribution >= 4 is 24.1 Å². The third kappa shape index (κ3) is 7.84. The van der Waals surface area contributed by atoms with Gasteiger partial charge in [0.2, 0.25) is 0 Å². The lowest BCUT2D eigenvalue weighted by atomic mass is 9.86. The van der Waals surface area contributed by atoms with Crippen molar-refractivity contribution in [3.05, 3.63) is 76.4 Å². The fraction of sp³-hybridized carbons (Fsp3) is 0.514. The van der Waals surface area contributed by atoms with Gasteiger partial charge in [0.05, 0.1) is 6.61 Å². The Labute approximate surface area is 283 Å². The summed E-state index contributed by atoms with van der Waals surface area (Å²) in [6.45, 7) is 9.12. The SMILES string of the molecule is C=Cc1ccc(C2(C)NC(=O)N(CCCCOc3c(/C=C/C4CCCCC4)cc(C(O)(C(F)(F)F)C(F)(F)F)cc3CCC)C2=O)cc1C. The first kappa shape index (κ1) is 38.0. The van der Waals surface area contributed by atoms with E-state index in [2.05, 4.69) is 11.9 Å². The fourth-order valence-corrected chi connectivity index (χ4v) is 6.59. The predicted octanol–water partition coefficient (Wildman–Crippen LogP) is 9.12. The van der Waals surface area contributed by atoms with E-state index in [1.807, 2.05) is 19.1 Å². The molecule has 2 fully saturated rings. The zero-order valence-corrected chi connectivity index (χ0v) is 28.1. The van der Waals surface area contributed by atoms with Crippen molar-refractivity contribution in [3.8, 4) is 5.75 Å². The number of allylic oxidation sites excluding steroid dienone is 1. The quantitative estimate of drug-likeness (QED) is 0.125. The van der Waals surface area contributed by atoms with E-state index in [9.17, 15) is 41.0 Å². The second kappa shape index (κ2) is 15.0. The topological polar surface area (TPSA) is 78.9 Å². The van der Waals surface area contributed by atoms with Crippen molar-refractivity contribution in [2.45, 2.75) is 102 Å². The van der Waals surface area contributed by atoms with Gasteiger partial charge in [0.1, 0.15) is 11.3 Å². The van der Waals surface area contributed by atoms with Crippen molar-refractivity contribution in [2.75, 3.05) is 13.2 Å². The van der Waals surface area contributed by atoms with Gasteiger partial charge < -0.3 is 15.2 Å². The lowest BCUT2D eigenvalue weighted by molar-refractivity contribution is -0.376. The van der Waals surface area contributed by atoms with E-state index in [4.69, 9.17) is 4.74 Å². The molecule has 1 atom stereocenters. The lowest BCUT2D eigenvalue weighted by Crippen LogP contribution is -2.54. The largest absolute Gasteiger partial charge is 0.493 e. The van der Waals surface area contributed by atoms with Crippen LogP contribution in [0, 0.1) is 12.8 Å². The first-order valence-corrected chi connectivity index (χ1v) is 16.7. The highest BCUT2D eigenvalue weighted by atomic mass is 19.4. The first-order valence-electron chi connectivity index (χ1n) is 16.7. The minimum atomic E-state index is -6.02. The van der Waals surface area contributed by atoms with Crippen LogP contribution in [0.15, 0.2) is 43.0 Å². The van der Waals surface area contributed by atoms with Gasteiger partial charge in [-0.15, -0.1) is 0 Å². The smallest absolute Gasteiger partial charge is 0.430 e. The molecular formula is C37H44F6N2O4. The van der Waals surface area contributed by atoms with Crippen LogP contribution in [0.2, 0.25) is 0 Å². The molecule has 1 aliphatic heterocycles. The van der Waals surface area contributed by atoms with Gasteiger partial charge in [-0.25, -0.2) is 4.79 Å². The molecule has 1 heterocycles. The predicted molar refractivity (Wildman–Crippen MR) is 176 cm³/mol. The third-order valence-electron chi connectivity index (χ3n) is 9.51. The summed E-state index contributed by atoms with van der Waals surface area (Å²) >= 11 is 0. The number of hydrogen-bond donors (Lipinski definition) is 2.